The first kappa shape index (κ1) is 28.1. The van der Waals surface area contributed by atoms with Gasteiger partial charge in [0.15, 0.2) is 5.96 Å². The van der Waals surface area contributed by atoms with Crippen LogP contribution in [-0.4, -0.2) is 54.4 Å². The summed E-state index contributed by atoms with van der Waals surface area (Å²) in [7, 11) is 0. The fraction of sp³-hybridized carbons (Fsp3) is 0.481. The summed E-state index contributed by atoms with van der Waals surface area (Å²) in [5.74, 6) is 1.09. The van der Waals surface area contributed by atoms with Gasteiger partial charge in [0.1, 0.15) is 0 Å². The molecule has 1 atom stereocenters. The van der Waals surface area contributed by atoms with E-state index in [0.29, 0.717) is 19.5 Å². The van der Waals surface area contributed by atoms with E-state index in [1.165, 1.54) is 11.1 Å². The number of benzene rings is 2. The van der Waals surface area contributed by atoms with E-state index in [9.17, 15) is 4.79 Å². The zero-order valence-electron chi connectivity index (χ0n) is 20.8. The topological polar surface area (TPSA) is 60.0 Å². The lowest BCUT2D eigenvalue weighted by Gasteiger charge is -2.30. The van der Waals surface area contributed by atoms with E-state index in [2.05, 4.69) is 90.9 Å². The highest BCUT2D eigenvalue weighted by atomic mass is 127. The molecule has 0 aromatic heterocycles. The SMILES string of the molecule is CCNC(=NCc1cccc(CN2CCCC2=O)c1)NCC(c1ccccc1)N(CC)CC.I. The molecule has 1 saturated heterocycles. The van der Waals surface area contributed by atoms with Crippen LogP contribution < -0.4 is 10.6 Å². The minimum absolute atomic E-state index is 0. The Balaban J connectivity index is 0.00000408. The number of guanidine groups is 1. The second kappa shape index (κ2) is 15.0. The number of nitrogens with zero attached hydrogens (tertiary/aromatic N) is 3. The summed E-state index contributed by atoms with van der Waals surface area (Å²) < 4.78 is 0. The predicted octanol–water partition coefficient (Wildman–Crippen LogP) is 4.57. The van der Waals surface area contributed by atoms with Crippen LogP contribution in [0.4, 0.5) is 0 Å². The van der Waals surface area contributed by atoms with E-state index in [-0.39, 0.29) is 35.9 Å². The molecule has 1 fully saturated rings. The quantitative estimate of drug-likeness (QED) is 0.234. The van der Waals surface area contributed by atoms with Crippen LogP contribution in [0.5, 0.6) is 0 Å². The first-order valence-electron chi connectivity index (χ1n) is 12.3. The maximum absolute atomic E-state index is 12.0. The molecule has 2 N–H and O–H groups in total. The summed E-state index contributed by atoms with van der Waals surface area (Å²) in [4.78, 5) is 21.2. The van der Waals surface area contributed by atoms with Crippen molar-refractivity contribution >= 4 is 35.8 Å². The predicted molar refractivity (Wildman–Crippen MR) is 151 cm³/mol. The number of carbonyl (C=O) groups is 1. The molecule has 0 spiro atoms. The van der Waals surface area contributed by atoms with Crippen LogP contribution in [0.15, 0.2) is 59.6 Å². The van der Waals surface area contributed by atoms with Gasteiger partial charge in [-0.1, -0.05) is 68.4 Å². The summed E-state index contributed by atoms with van der Waals surface area (Å²) in [5, 5.41) is 6.94. The van der Waals surface area contributed by atoms with Gasteiger partial charge in [-0.15, -0.1) is 24.0 Å². The number of likely N-dealkylation sites (N-methyl/N-ethyl adjacent to an activating group) is 1. The fourth-order valence-corrected chi connectivity index (χ4v) is 4.42. The molecule has 0 bridgehead atoms. The lowest BCUT2D eigenvalue weighted by molar-refractivity contribution is -0.128. The highest BCUT2D eigenvalue weighted by molar-refractivity contribution is 14.0. The van der Waals surface area contributed by atoms with E-state index in [1.54, 1.807) is 0 Å². The van der Waals surface area contributed by atoms with Crippen LogP contribution in [-0.2, 0) is 17.9 Å². The standard InChI is InChI=1S/C27H39N5O.HI/c1-4-28-27(30-20-25(31(5-2)6-3)24-14-8-7-9-15-24)29-19-22-12-10-13-23(18-22)21-32-17-11-16-26(32)33;/h7-10,12-15,18,25H,4-6,11,16-17,19-21H2,1-3H3,(H2,28,29,30);1H. The third kappa shape index (κ3) is 8.27. The lowest BCUT2D eigenvalue weighted by atomic mass is 10.1. The van der Waals surface area contributed by atoms with Crippen LogP contribution in [0.3, 0.4) is 0 Å². The molecule has 1 aliphatic heterocycles. The number of amides is 1. The van der Waals surface area contributed by atoms with Gasteiger partial charge in [0.25, 0.3) is 0 Å². The van der Waals surface area contributed by atoms with Crippen LogP contribution in [0, 0.1) is 0 Å². The summed E-state index contributed by atoms with van der Waals surface area (Å²) in [6, 6.07) is 19.4. The molecule has 1 aliphatic rings. The normalized spacial score (nSPS) is 14.8. The highest BCUT2D eigenvalue weighted by Gasteiger charge is 2.20. The molecule has 3 rings (SSSR count). The maximum Gasteiger partial charge on any atom is 0.222 e. The van der Waals surface area contributed by atoms with Gasteiger partial charge in [-0.3, -0.25) is 9.69 Å². The van der Waals surface area contributed by atoms with Crippen molar-refractivity contribution in [3.8, 4) is 0 Å². The number of hydrogen-bond acceptors (Lipinski definition) is 3. The van der Waals surface area contributed by atoms with Crippen LogP contribution in [0.25, 0.3) is 0 Å². The molecular formula is C27H40IN5O. The number of hydrogen-bond donors (Lipinski definition) is 2. The largest absolute Gasteiger partial charge is 0.357 e. The van der Waals surface area contributed by atoms with Gasteiger partial charge in [0, 0.05) is 32.6 Å². The van der Waals surface area contributed by atoms with E-state index in [0.717, 1.165) is 50.7 Å². The molecule has 1 unspecified atom stereocenters. The number of likely N-dealkylation sites (tertiary alicyclic amines) is 1. The first-order valence-corrected chi connectivity index (χ1v) is 12.3. The minimum Gasteiger partial charge on any atom is -0.357 e. The molecule has 2 aromatic carbocycles. The van der Waals surface area contributed by atoms with Crippen LogP contribution in [0.2, 0.25) is 0 Å². The summed E-state index contributed by atoms with van der Waals surface area (Å²) in [6.45, 7) is 12.3. The zero-order valence-corrected chi connectivity index (χ0v) is 23.1. The van der Waals surface area contributed by atoms with Crippen LogP contribution >= 0.6 is 24.0 Å². The van der Waals surface area contributed by atoms with Crippen molar-refractivity contribution < 1.29 is 4.79 Å². The van der Waals surface area contributed by atoms with Crippen molar-refractivity contribution in [1.82, 2.24) is 20.4 Å². The van der Waals surface area contributed by atoms with Gasteiger partial charge < -0.3 is 15.5 Å². The molecule has 1 amide bonds. The molecule has 0 aliphatic carbocycles. The number of aliphatic imine (C=N–C) groups is 1. The Morgan fingerprint density at radius 1 is 1.03 bits per heavy atom. The number of halogens is 1. The maximum atomic E-state index is 12.0. The molecule has 1 heterocycles. The molecule has 0 saturated carbocycles. The van der Waals surface area contributed by atoms with Crippen LogP contribution in [0.1, 0.15) is 56.3 Å². The Morgan fingerprint density at radius 2 is 1.76 bits per heavy atom. The van der Waals surface area contributed by atoms with Crippen molar-refractivity contribution in [3.05, 3.63) is 71.3 Å². The number of rotatable bonds is 11. The Hall–Kier alpha value is -2.13. The van der Waals surface area contributed by atoms with E-state index >= 15 is 0 Å². The van der Waals surface area contributed by atoms with Gasteiger partial charge in [-0.05, 0) is 43.1 Å². The molecule has 7 heteroatoms. The smallest absolute Gasteiger partial charge is 0.222 e. The van der Waals surface area contributed by atoms with Gasteiger partial charge in [-0.25, -0.2) is 4.99 Å². The lowest BCUT2D eigenvalue weighted by Crippen LogP contribution is -2.43. The summed E-state index contributed by atoms with van der Waals surface area (Å²) in [5.41, 5.74) is 3.63. The molecule has 2 aromatic rings. The monoisotopic (exact) mass is 577 g/mol. The van der Waals surface area contributed by atoms with Crippen molar-refractivity contribution in [3.63, 3.8) is 0 Å². The second-order valence-corrected chi connectivity index (χ2v) is 8.46. The minimum atomic E-state index is 0. The molecule has 186 valence electrons. The fourth-order valence-electron chi connectivity index (χ4n) is 4.42. The Morgan fingerprint density at radius 3 is 2.41 bits per heavy atom. The first-order chi connectivity index (χ1) is 16.1. The molecule has 0 radical (unpaired) electrons. The third-order valence-electron chi connectivity index (χ3n) is 6.20. The number of nitrogens with one attached hydrogen (secondary N) is 2. The Labute approximate surface area is 222 Å². The van der Waals surface area contributed by atoms with Gasteiger partial charge in [-0.2, -0.15) is 0 Å². The van der Waals surface area contributed by atoms with E-state index in [4.69, 9.17) is 4.99 Å². The van der Waals surface area contributed by atoms with Gasteiger partial charge in [0.2, 0.25) is 5.91 Å². The van der Waals surface area contributed by atoms with Gasteiger partial charge in [0.05, 0.1) is 12.6 Å². The van der Waals surface area contributed by atoms with E-state index in [1.807, 2.05) is 4.90 Å². The van der Waals surface area contributed by atoms with E-state index < -0.39 is 0 Å². The molecule has 34 heavy (non-hydrogen) atoms. The highest BCUT2D eigenvalue weighted by Crippen LogP contribution is 2.19. The van der Waals surface area contributed by atoms with Crippen molar-refractivity contribution in [1.29, 1.82) is 0 Å². The average Bonchev–Trinajstić information content (AvgIpc) is 3.25. The average molecular weight is 578 g/mol. The van der Waals surface area contributed by atoms with Crippen molar-refractivity contribution in [2.75, 3.05) is 32.7 Å². The Bertz CT molecular complexity index is 901. The molecular weight excluding hydrogens is 537 g/mol. The summed E-state index contributed by atoms with van der Waals surface area (Å²) in [6.07, 6.45) is 1.65. The Kier molecular flexibility index (Phi) is 12.4. The summed E-state index contributed by atoms with van der Waals surface area (Å²) >= 11 is 0. The number of carbonyl (C=O) groups excluding carboxylic acids is 1. The third-order valence-corrected chi connectivity index (χ3v) is 6.20. The zero-order chi connectivity index (χ0) is 23.5. The second-order valence-electron chi connectivity index (χ2n) is 8.46. The van der Waals surface area contributed by atoms with Crippen molar-refractivity contribution in [2.24, 2.45) is 4.99 Å². The van der Waals surface area contributed by atoms with Crippen molar-refractivity contribution in [2.45, 2.75) is 52.7 Å². The van der Waals surface area contributed by atoms with Gasteiger partial charge >= 0.3 is 0 Å². The molecule has 6 nitrogen and oxygen atoms in total.